The van der Waals surface area contributed by atoms with Gasteiger partial charge in [0, 0.05) is 6.54 Å². The van der Waals surface area contributed by atoms with Crippen LogP contribution < -0.4 is 0 Å². The molecule has 2 heteroatoms. The summed E-state index contributed by atoms with van der Waals surface area (Å²) in [6, 6.07) is 0. The van der Waals surface area contributed by atoms with E-state index < -0.39 is 0 Å². The van der Waals surface area contributed by atoms with Crippen molar-refractivity contribution in [1.29, 1.82) is 0 Å². The summed E-state index contributed by atoms with van der Waals surface area (Å²) in [5.74, 6) is 0.718. The maximum Gasteiger partial charge on any atom is 0.0894 e. The molecule has 0 fully saturated rings. The minimum Gasteiger partial charge on any atom is -0.303 e. The van der Waals surface area contributed by atoms with Crippen molar-refractivity contribution in [1.82, 2.24) is 4.90 Å². The molecular weight excluding hydrogens is 153 g/mol. The van der Waals surface area contributed by atoms with E-state index in [0.29, 0.717) is 6.42 Å². The Morgan fingerprint density at radius 2 is 1.92 bits per heavy atom. The molecule has 0 unspecified atom stereocenters. The van der Waals surface area contributed by atoms with Gasteiger partial charge >= 0.3 is 0 Å². The molecule has 0 bridgehead atoms. The highest BCUT2D eigenvalue weighted by atomic mass is 19.1. The van der Waals surface area contributed by atoms with Crippen LogP contribution in [0.1, 0.15) is 33.6 Å². The maximum absolute atomic E-state index is 11.8. The molecule has 1 nitrogen and oxygen atoms in total. The molecule has 0 saturated heterocycles. The minimum absolute atomic E-state index is 0.167. The zero-order valence-corrected chi connectivity index (χ0v) is 8.65. The Morgan fingerprint density at radius 1 is 1.25 bits per heavy atom. The Labute approximate surface area is 75.9 Å². The second-order valence-corrected chi connectivity index (χ2v) is 3.68. The first kappa shape index (κ1) is 11.9. The predicted octanol–water partition coefficient (Wildman–Crippen LogP) is 2.71. The van der Waals surface area contributed by atoms with Gasteiger partial charge < -0.3 is 4.90 Å². The average Bonchev–Trinajstić information content (AvgIpc) is 2.02. The van der Waals surface area contributed by atoms with Crippen LogP contribution in [-0.2, 0) is 0 Å². The molecule has 0 atom stereocenters. The molecule has 0 rings (SSSR count). The highest BCUT2D eigenvalue weighted by Gasteiger charge is 2.03. The van der Waals surface area contributed by atoms with Crippen molar-refractivity contribution < 1.29 is 4.39 Å². The van der Waals surface area contributed by atoms with E-state index in [1.165, 1.54) is 0 Å². The van der Waals surface area contributed by atoms with Crippen LogP contribution in [0.5, 0.6) is 0 Å². The third kappa shape index (κ3) is 6.59. The van der Waals surface area contributed by atoms with Gasteiger partial charge in [0.25, 0.3) is 0 Å². The first-order valence-electron chi connectivity index (χ1n) is 4.99. The van der Waals surface area contributed by atoms with E-state index in [9.17, 15) is 4.39 Å². The van der Waals surface area contributed by atoms with Crippen LogP contribution in [0.4, 0.5) is 4.39 Å². The molecule has 0 heterocycles. The number of halogens is 1. The fourth-order valence-corrected chi connectivity index (χ4v) is 1.32. The first-order valence-corrected chi connectivity index (χ1v) is 4.99. The summed E-state index contributed by atoms with van der Waals surface area (Å²) in [6.45, 7) is 9.72. The van der Waals surface area contributed by atoms with Gasteiger partial charge in [0.1, 0.15) is 0 Å². The molecular formula is C10H22FN. The molecule has 0 aromatic carbocycles. The van der Waals surface area contributed by atoms with Crippen LogP contribution in [0.2, 0.25) is 0 Å². The van der Waals surface area contributed by atoms with Crippen molar-refractivity contribution in [3.05, 3.63) is 0 Å². The van der Waals surface area contributed by atoms with Gasteiger partial charge in [-0.15, -0.1) is 0 Å². The Morgan fingerprint density at radius 3 is 2.33 bits per heavy atom. The van der Waals surface area contributed by atoms with Crippen molar-refractivity contribution in [2.75, 3.05) is 26.3 Å². The van der Waals surface area contributed by atoms with Gasteiger partial charge in [-0.05, 0) is 31.8 Å². The number of hydrogen-bond donors (Lipinski definition) is 0. The van der Waals surface area contributed by atoms with Gasteiger partial charge in [-0.25, -0.2) is 0 Å². The monoisotopic (exact) mass is 175 g/mol. The molecule has 12 heavy (non-hydrogen) atoms. The molecule has 0 spiro atoms. The quantitative estimate of drug-likeness (QED) is 0.538. The average molecular weight is 175 g/mol. The zero-order valence-electron chi connectivity index (χ0n) is 8.65. The second kappa shape index (κ2) is 7.53. The minimum atomic E-state index is -0.167. The van der Waals surface area contributed by atoms with E-state index in [0.717, 1.165) is 32.0 Å². The molecule has 0 amide bonds. The van der Waals surface area contributed by atoms with Gasteiger partial charge in [-0.1, -0.05) is 20.8 Å². The first-order chi connectivity index (χ1) is 5.70. The summed E-state index contributed by atoms with van der Waals surface area (Å²) in [4.78, 5) is 2.39. The molecule has 0 aliphatic carbocycles. The number of hydrogen-bond acceptors (Lipinski definition) is 1. The van der Waals surface area contributed by atoms with Gasteiger partial charge in [-0.3, -0.25) is 4.39 Å². The van der Waals surface area contributed by atoms with Gasteiger partial charge in [0.15, 0.2) is 0 Å². The number of rotatable bonds is 7. The zero-order chi connectivity index (χ0) is 9.40. The number of nitrogens with zero attached hydrogens (tertiary/aromatic N) is 1. The van der Waals surface area contributed by atoms with Crippen molar-refractivity contribution in [3.8, 4) is 0 Å². The smallest absolute Gasteiger partial charge is 0.0894 e. The lowest BCUT2D eigenvalue weighted by Gasteiger charge is -2.21. The fraction of sp³-hybridized carbons (Fsp3) is 1.00. The van der Waals surface area contributed by atoms with Gasteiger partial charge in [0.2, 0.25) is 0 Å². The predicted molar refractivity (Wildman–Crippen MR) is 52.2 cm³/mol. The van der Waals surface area contributed by atoms with Gasteiger partial charge in [-0.2, -0.15) is 0 Å². The van der Waals surface area contributed by atoms with Crippen LogP contribution in [-0.4, -0.2) is 31.2 Å². The van der Waals surface area contributed by atoms with Crippen LogP contribution >= 0.6 is 0 Å². The normalized spacial score (nSPS) is 11.5. The molecule has 74 valence electrons. The highest BCUT2D eigenvalue weighted by molar-refractivity contribution is 4.57. The van der Waals surface area contributed by atoms with E-state index in [1.807, 2.05) is 0 Å². The van der Waals surface area contributed by atoms with E-state index in [4.69, 9.17) is 0 Å². The van der Waals surface area contributed by atoms with Crippen LogP contribution in [0.3, 0.4) is 0 Å². The second-order valence-electron chi connectivity index (χ2n) is 3.68. The highest BCUT2D eigenvalue weighted by Crippen LogP contribution is 2.00. The van der Waals surface area contributed by atoms with E-state index >= 15 is 0 Å². The summed E-state index contributed by atoms with van der Waals surface area (Å²) in [7, 11) is 0. The fourth-order valence-electron chi connectivity index (χ4n) is 1.32. The van der Waals surface area contributed by atoms with Crippen molar-refractivity contribution in [3.63, 3.8) is 0 Å². The molecule has 0 aromatic rings. The SMILES string of the molecule is CCN(CCCCF)CC(C)C. The Kier molecular flexibility index (Phi) is 7.47. The Bertz CT molecular complexity index is 93.8. The summed E-state index contributed by atoms with van der Waals surface area (Å²) >= 11 is 0. The molecule has 0 aromatic heterocycles. The topological polar surface area (TPSA) is 3.24 Å². The summed E-state index contributed by atoms with van der Waals surface area (Å²) in [5.41, 5.74) is 0. The largest absolute Gasteiger partial charge is 0.303 e. The van der Waals surface area contributed by atoms with Crippen LogP contribution in [0, 0.1) is 5.92 Å². The Balaban J connectivity index is 3.39. The number of alkyl halides is 1. The van der Waals surface area contributed by atoms with Crippen LogP contribution in [0.15, 0.2) is 0 Å². The Hall–Kier alpha value is -0.110. The lowest BCUT2D eigenvalue weighted by Crippen LogP contribution is -2.28. The van der Waals surface area contributed by atoms with Crippen molar-refractivity contribution in [2.24, 2.45) is 5.92 Å². The summed E-state index contributed by atoms with van der Waals surface area (Å²) in [5, 5.41) is 0. The molecule has 0 aliphatic heterocycles. The van der Waals surface area contributed by atoms with Crippen LogP contribution in [0.25, 0.3) is 0 Å². The van der Waals surface area contributed by atoms with Crippen molar-refractivity contribution in [2.45, 2.75) is 33.6 Å². The third-order valence-corrected chi connectivity index (χ3v) is 1.93. The summed E-state index contributed by atoms with van der Waals surface area (Å²) in [6.07, 6.45) is 1.71. The maximum atomic E-state index is 11.8. The third-order valence-electron chi connectivity index (χ3n) is 1.93. The molecule has 0 radical (unpaired) electrons. The molecule has 0 N–H and O–H groups in total. The molecule has 0 saturated carbocycles. The lowest BCUT2D eigenvalue weighted by molar-refractivity contribution is 0.248. The van der Waals surface area contributed by atoms with Crippen molar-refractivity contribution >= 4 is 0 Å². The summed E-state index contributed by atoms with van der Waals surface area (Å²) < 4.78 is 11.8. The van der Waals surface area contributed by atoms with E-state index in [1.54, 1.807) is 0 Å². The number of unbranched alkanes of at least 4 members (excludes halogenated alkanes) is 1. The van der Waals surface area contributed by atoms with E-state index in [-0.39, 0.29) is 6.67 Å². The molecule has 0 aliphatic rings. The lowest BCUT2D eigenvalue weighted by atomic mass is 10.2. The standard InChI is InChI=1S/C10H22FN/c1-4-12(9-10(2)3)8-6-5-7-11/h10H,4-9H2,1-3H3. The van der Waals surface area contributed by atoms with Gasteiger partial charge in [0.05, 0.1) is 6.67 Å². The van der Waals surface area contributed by atoms with E-state index in [2.05, 4.69) is 25.7 Å².